The number of nitrogens with zero attached hydrogens (tertiary/aromatic N) is 4. The second kappa shape index (κ2) is 5.57. The smallest absolute Gasteiger partial charge is 0.166 e. The topological polar surface area (TPSA) is 74.1 Å². The van der Waals surface area contributed by atoms with Gasteiger partial charge in [0, 0.05) is 19.6 Å². The number of ether oxygens (including phenoxy) is 1. The van der Waals surface area contributed by atoms with Crippen LogP contribution >= 0.6 is 0 Å². The summed E-state index contributed by atoms with van der Waals surface area (Å²) in [5.74, 6) is 0.520. The van der Waals surface area contributed by atoms with Gasteiger partial charge in [-0.3, -0.25) is 0 Å². The average molecular weight is 233 g/mol. The molecule has 1 fully saturated rings. The summed E-state index contributed by atoms with van der Waals surface area (Å²) in [5.41, 5.74) is 0.504. The van der Waals surface area contributed by atoms with Crippen molar-refractivity contribution in [1.82, 2.24) is 15.1 Å². The molecule has 90 valence electrons. The lowest BCUT2D eigenvalue weighted by atomic mass is 10.2. The van der Waals surface area contributed by atoms with Crippen LogP contribution in [0.25, 0.3) is 0 Å². The highest BCUT2D eigenvalue weighted by Gasteiger charge is 2.17. The number of aromatic nitrogens is 2. The Balaban J connectivity index is 1.91. The van der Waals surface area contributed by atoms with Gasteiger partial charge < -0.3 is 15.0 Å². The first kappa shape index (κ1) is 11.8. The van der Waals surface area contributed by atoms with Gasteiger partial charge in [0.05, 0.1) is 24.5 Å². The van der Waals surface area contributed by atoms with Gasteiger partial charge in [0.2, 0.25) is 0 Å². The third-order valence-electron chi connectivity index (χ3n) is 2.68. The predicted molar refractivity (Wildman–Crippen MR) is 62.5 cm³/mol. The normalized spacial score (nSPS) is 20.8. The highest BCUT2D eigenvalue weighted by molar-refractivity contribution is 5.50. The lowest BCUT2D eigenvalue weighted by Crippen LogP contribution is -2.43. The molecule has 1 unspecified atom stereocenters. The zero-order valence-corrected chi connectivity index (χ0v) is 9.76. The molecule has 0 bridgehead atoms. The Morgan fingerprint density at radius 3 is 3.35 bits per heavy atom. The van der Waals surface area contributed by atoms with E-state index in [1.807, 2.05) is 0 Å². The van der Waals surface area contributed by atoms with Crippen LogP contribution in [0.5, 0.6) is 0 Å². The maximum Gasteiger partial charge on any atom is 0.166 e. The fraction of sp³-hybridized carbons (Fsp3) is 0.545. The van der Waals surface area contributed by atoms with Crippen molar-refractivity contribution in [2.75, 3.05) is 38.6 Å². The number of hydrogen-bond donors (Lipinski definition) is 1. The van der Waals surface area contributed by atoms with E-state index in [0.29, 0.717) is 17.9 Å². The third kappa shape index (κ3) is 3.12. The van der Waals surface area contributed by atoms with Crippen LogP contribution in [-0.2, 0) is 4.74 Å². The average Bonchev–Trinajstić information content (AvgIpc) is 2.37. The van der Waals surface area contributed by atoms with E-state index < -0.39 is 0 Å². The molecular weight excluding hydrogens is 218 g/mol. The van der Waals surface area contributed by atoms with E-state index in [4.69, 9.17) is 10.00 Å². The zero-order chi connectivity index (χ0) is 12.1. The Hall–Kier alpha value is -1.71. The molecule has 1 atom stereocenters. The van der Waals surface area contributed by atoms with Gasteiger partial charge in [-0.05, 0) is 13.1 Å². The lowest BCUT2D eigenvalue weighted by Gasteiger charge is -2.30. The number of hydrogen-bond acceptors (Lipinski definition) is 6. The number of likely N-dealkylation sites (N-methyl/N-ethyl adjacent to an activating group) is 1. The molecule has 0 saturated carbocycles. The maximum atomic E-state index is 8.90. The minimum Gasteiger partial charge on any atom is -0.374 e. The summed E-state index contributed by atoms with van der Waals surface area (Å²) in [6.07, 6.45) is 1.64. The molecule has 17 heavy (non-hydrogen) atoms. The monoisotopic (exact) mass is 233 g/mol. The molecule has 0 spiro atoms. The number of morpholine rings is 1. The first-order valence-electron chi connectivity index (χ1n) is 5.55. The van der Waals surface area contributed by atoms with Gasteiger partial charge in [-0.2, -0.15) is 10.4 Å². The summed E-state index contributed by atoms with van der Waals surface area (Å²) in [4.78, 5) is 2.22. The molecule has 0 aliphatic carbocycles. The molecule has 0 aromatic carbocycles. The molecule has 6 heteroatoms. The summed E-state index contributed by atoms with van der Waals surface area (Å²) >= 11 is 0. The molecule has 1 aliphatic heterocycles. The van der Waals surface area contributed by atoms with Crippen LogP contribution in [0, 0.1) is 11.3 Å². The van der Waals surface area contributed by atoms with Crippen LogP contribution in [0.4, 0.5) is 5.82 Å². The second-order valence-corrected chi connectivity index (χ2v) is 4.04. The first-order chi connectivity index (χ1) is 8.29. The van der Waals surface area contributed by atoms with Crippen LogP contribution in [0.15, 0.2) is 12.3 Å². The fourth-order valence-corrected chi connectivity index (χ4v) is 1.75. The van der Waals surface area contributed by atoms with E-state index in [0.717, 1.165) is 19.7 Å². The van der Waals surface area contributed by atoms with Crippen LogP contribution < -0.4 is 5.32 Å². The van der Waals surface area contributed by atoms with Gasteiger partial charge in [-0.25, -0.2) is 0 Å². The lowest BCUT2D eigenvalue weighted by molar-refractivity contribution is -0.0117. The molecule has 1 aliphatic rings. The Labute approximate surface area is 100 Å². The molecular formula is C11H15N5O. The zero-order valence-electron chi connectivity index (χ0n) is 9.76. The van der Waals surface area contributed by atoms with E-state index in [1.54, 1.807) is 6.07 Å². The van der Waals surface area contributed by atoms with E-state index in [1.165, 1.54) is 6.20 Å². The predicted octanol–water partition coefficient (Wildman–Crippen LogP) is 0.0908. The summed E-state index contributed by atoms with van der Waals surface area (Å²) in [7, 11) is 2.07. The van der Waals surface area contributed by atoms with Crippen LogP contribution in [0.3, 0.4) is 0 Å². The minimum atomic E-state index is 0.127. The number of nitriles is 1. The Kier molecular flexibility index (Phi) is 3.85. The third-order valence-corrected chi connectivity index (χ3v) is 2.68. The van der Waals surface area contributed by atoms with E-state index in [2.05, 4.69) is 33.5 Å². The summed E-state index contributed by atoms with van der Waals surface area (Å²) < 4.78 is 5.61. The molecule has 1 saturated heterocycles. The van der Waals surface area contributed by atoms with Crippen LogP contribution in [-0.4, -0.2) is 54.5 Å². The second-order valence-electron chi connectivity index (χ2n) is 4.04. The standard InChI is InChI=1S/C11H15N5O/c1-16-4-5-17-10(8-16)7-13-11-9(6-12)2-3-14-15-11/h2-3,10H,4-5,7-8H2,1H3,(H,13,15). The highest BCUT2D eigenvalue weighted by atomic mass is 16.5. The van der Waals surface area contributed by atoms with Crippen molar-refractivity contribution in [3.8, 4) is 6.07 Å². The molecule has 6 nitrogen and oxygen atoms in total. The van der Waals surface area contributed by atoms with Gasteiger partial charge in [-0.15, -0.1) is 5.10 Å². The van der Waals surface area contributed by atoms with Crippen LogP contribution in [0.2, 0.25) is 0 Å². The quantitative estimate of drug-likeness (QED) is 0.797. The van der Waals surface area contributed by atoms with Crippen molar-refractivity contribution >= 4 is 5.82 Å². The fourth-order valence-electron chi connectivity index (χ4n) is 1.75. The SMILES string of the molecule is CN1CCOC(CNc2nnccc2C#N)C1. The molecule has 0 radical (unpaired) electrons. The van der Waals surface area contributed by atoms with Crippen molar-refractivity contribution < 1.29 is 4.74 Å². The van der Waals surface area contributed by atoms with E-state index in [-0.39, 0.29) is 6.10 Å². The molecule has 2 rings (SSSR count). The van der Waals surface area contributed by atoms with Crippen molar-refractivity contribution in [3.63, 3.8) is 0 Å². The molecule has 0 amide bonds. The summed E-state index contributed by atoms with van der Waals surface area (Å²) in [5, 5.41) is 19.7. The highest BCUT2D eigenvalue weighted by Crippen LogP contribution is 2.10. The molecule has 1 N–H and O–H groups in total. The minimum absolute atomic E-state index is 0.127. The summed E-state index contributed by atoms with van der Waals surface area (Å²) in [6.45, 7) is 3.23. The largest absolute Gasteiger partial charge is 0.374 e. The van der Waals surface area contributed by atoms with Gasteiger partial charge >= 0.3 is 0 Å². The molecule has 1 aromatic rings. The van der Waals surface area contributed by atoms with Crippen molar-refractivity contribution in [1.29, 1.82) is 5.26 Å². The van der Waals surface area contributed by atoms with E-state index >= 15 is 0 Å². The Bertz CT molecular complexity index is 417. The Morgan fingerprint density at radius 2 is 2.59 bits per heavy atom. The Morgan fingerprint density at radius 1 is 1.71 bits per heavy atom. The molecule has 1 aromatic heterocycles. The van der Waals surface area contributed by atoms with Crippen molar-refractivity contribution in [3.05, 3.63) is 17.8 Å². The van der Waals surface area contributed by atoms with Crippen molar-refractivity contribution in [2.24, 2.45) is 0 Å². The maximum absolute atomic E-state index is 8.90. The summed E-state index contributed by atoms with van der Waals surface area (Å²) in [6, 6.07) is 3.72. The van der Waals surface area contributed by atoms with E-state index in [9.17, 15) is 0 Å². The van der Waals surface area contributed by atoms with Gasteiger partial charge in [0.25, 0.3) is 0 Å². The number of nitrogens with one attached hydrogen (secondary N) is 1. The number of anilines is 1. The molecule has 2 heterocycles. The van der Waals surface area contributed by atoms with Gasteiger partial charge in [-0.1, -0.05) is 0 Å². The van der Waals surface area contributed by atoms with Crippen LogP contribution in [0.1, 0.15) is 5.56 Å². The first-order valence-corrected chi connectivity index (χ1v) is 5.55. The van der Waals surface area contributed by atoms with Gasteiger partial charge in [0.1, 0.15) is 6.07 Å². The van der Waals surface area contributed by atoms with Gasteiger partial charge in [0.15, 0.2) is 5.82 Å². The van der Waals surface area contributed by atoms with Crippen molar-refractivity contribution in [2.45, 2.75) is 6.10 Å². The number of rotatable bonds is 3.